The van der Waals surface area contributed by atoms with Crippen LogP contribution in [-0.4, -0.2) is 83.8 Å². The van der Waals surface area contributed by atoms with Crippen molar-refractivity contribution in [2.75, 3.05) is 50.6 Å². The highest BCUT2D eigenvalue weighted by molar-refractivity contribution is 6.57. The van der Waals surface area contributed by atoms with Crippen molar-refractivity contribution in [3.05, 3.63) is 63.2 Å². The summed E-state index contributed by atoms with van der Waals surface area (Å²) in [5.74, 6) is -1.92. The fraction of sp³-hybridized carbons (Fsp3) is 0.357. The SMILES string of the molecule is CC1=C(CN(C)C)C(=O)N(c2ccc(Cl)c(Cl)c2)C(=O)/C1=N/Nc1cccc(C2CCN(CC(=O)O)CC2)c1O. The van der Waals surface area contributed by atoms with Crippen LogP contribution in [0.3, 0.4) is 0 Å². The van der Waals surface area contributed by atoms with Crippen LogP contribution in [0.1, 0.15) is 31.2 Å². The van der Waals surface area contributed by atoms with Gasteiger partial charge in [-0.2, -0.15) is 5.10 Å². The maximum absolute atomic E-state index is 13.6. The number of aliphatic carboxylic acids is 1. The number of nitrogens with one attached hydrogen (secondary N) is 1. The number of likely N-dealkylation sites (tertiary alicyclic amines) is 1. The van der Waals surface area contributed by atoms with Crippen molar-refractivity contribution in [3.8, 4) is 5.75 Å². The number of hydrazone groups is 1. The van der Waals surface area contributed by atoms with Crippen molar-refractivity contribution in [1.29, 1.82) is 0 Å². The molecule has 0 aromatic heterocycles. The molecule has 2 aliphatic rings. The molecule has 2 heterocycles. The Balaban J connectivity index is 1.64. The van der Waals surface area contributed by atoms with Gasteiger partial charge in [0.05, 0.1) is 28.0 Å². The number of piperidine rings is 1. The Morgan fingerprint density at radius 1 is 1.10 bits per heavy atom. The van der Waals surface area contributed by atoms with E-state index in [4.69, 9.17) is 28.3 Å². The molecule has 4 rings (SSSR count). The van der Waals surface area contributed by atoms with E-state index in [1.54, 1.807) is 25.1 Å². The highest BCUT2D eigenvalue weighted by Gasteiger charge is 2.38. The van der Waals surface area contributed by atoms with Crippen LogP contribution in [0.4, 0.5) is 11.4 Å². The Morgan fingerprint density at radius 3 is 2.42 bits per heavy atom. The predicted octanol–water partition coefficient (Wildman–Crippen LogP) is 4.18. The van der Waals surface area contributed by atoms with Crippen molar-refractivity contribution >= 4 is 58.1 Å². The lowest BCUT2D eigenvalue weighted by atomic mass is 9.88. The Labute approximate surface area is 242 Å². The van der Waals surface area contributed by atoms with Gasteiger partial charge in [-0.25, -0.2) is 4.90 Å². The van der Waals surface area contributed by atoms with E-state index in [1.165, 1.54) is 12.1 Å². The zero-order valence-electron chi connectivity index (χ0n) is 22.4. The van der Waals surface area contributed by atoms with Gasteiger partial charge in [-0.1, -0.05) is 35.3 Å². The van der Waals surface area contributed by atoms with Gasteiger partial charge in [0.1, 0.15) is 5.75 Å². The van der Waals surface area contributed by atoms with E-state index in [1.807, 2.05) is 30.0 Å². The number of carbonyl (C=O) groups excluding carboxylic acids is 2. The third kappa shape index (κ3) is 6.31. The van der Waals surface area contributed by atoms with Crippen LogP contribution in [0.25, 0.3) is 0 Å². The number of phenols is 1. The van der Waals surface area contributed by atoms with E-state index in [0.717, 1.165) is 10.5 Å². The Morgan fingerprint density at radius 2 is 1.80 bits per heavy atom. The molecule has 0 bridgehead atoms. The smallest absolute Gasteiger partial charge is 0.317 e. The van der Waals surface area contributed by atoms with Gasteiger partial charge >= 0.3 is 5.97 Å². The van der Waals surface area contributed by atoms with Crippen molar-refractivity contribution in [1.82, 2.24) is 9.80 Å². The Bertz CT molecular complexity index is 1400. The van der Waals surface area contributed by atoms with Gasteiger partial charge in [0, 0.05) is 12.1 Å². The standard InChI is InChI=1S/C28H31Cl2N5O5/c1-16-20(14-33(2)3)27(39)35(18-7-8-21(29)22(30)13-18)28(40)25(16)32-31-23-6-4-5-19(26(23)38)17-9-11-34(12-10-17)15-24(36)37/h4-8,13,17,31,38H,9-12,14-15H2,1-3H3,(H,36,37)/b32-25+. The lowest BCUT2D eigenvalue weighted by Gasteiger charge is -2.31. The number of carboxylic acid groups (broad SMARTS) is 1. The third-order valence-electron chi connectivity index (χ3n) is 7.05. The lowest BCUT2D eigenvalue weighted by molar-refractivity contribution is -0.138. The summed E-state index contributed by atoms with van der Waals surface area (Å²) in [6.45, 7) is 3.17. The molecule has 40 heavy (non-hydrogen) atoms. The molecule has 3 N–H and O–H groups in total. The molecule has 12 heteroatoms. The van der Waals surface area contributed by atoms with Crippen LogP contribution in [0.15, 0.2) is 52.6 Å². The largest absolute Gasteiger partial charge is 0.505 e. The minimum absolute atomic E-state index is 0.00373. The Kier molecular flexibility index (Phi) is 9.15. The summed E-state index contributed by atoms with van der Waals surface area (Å²) >= 11 is 12.2. The normalized spacial score (nSPS) is 18.2. The first-order chi connectivity index (χ1) is 19.0. The quantitative estimate of drug-likeness (QED) is 0.238. The molecule has 0 aliphatic carbocycles. The molecule has 0 unspecified atom stereocenters. The predicted molar refractivity (Wildman–Crippen MR) is 155 cm³/mol. The highest BCUT2D eigenvalue weighted by atomic mass is 35.5. The number of anilines is 2. The average molecular weight is 588 g/mol. The molecule has 212 valence electrons. The molecule has 0 radical (unpaired) electrons. The van der Waals surface area contributed by atoms with Crippen molar-refractivity contribution < 1.29 is 24.6 Å². The molecule has 2 aromatic rings. The number of amides is 2. The summed E-state index contributed by atoms with van der Waals surface area (Å²) in [4.78, 5) is 42.8. The van der Waals surface area contributed by atoms with Crippen LogP contribution in [0.2, 0.25) is 10.0 Å². The first kappa shape index (κ1) is 29.5. The summed E-state index contributed by atoms with van der Waals surface area (Å²) in [5, 5.41) is 25.0. The number of rotatable bonds is 8. The van der Waals surface area contributed by atoms with Gasteiger partial charge in [-0.05, 0) is 88.3 Å². The van der Waals surface area contributed by atoms with Crippen molar-refractivity contribution in [3.63, 3.8) is 0 Å². The van der Waals surface area contributed by atoms with Crippen LogP contribution < -0.4 is 10.3 Å². The number of imide groups is 1. The molecular formula is C28H31Cl2N5O5. The van der Waals surface area contributed by atoms with E-state index in [2.05, 4.69) is 10.5 Å². The molecule has 1 saturated heterocycles. The molecule has 2 aromatic carbocycles. The topological polar surface area (TPSA) is 126 Å². The van der Waals surface area contributed by atoms with E-state index in [-0.39, 0.29) is 41.2 Å². The van der Waals surface area contributed by atoms with Gasteiger partial charge in [-0.15, -0.1) is 0 Å². The maximum Gasteiger partial charge on any atom is 0.317 e. The van der Waals surface area contributed by atoms with Crippen molar-refractivity contribution in [2.45, 2.75) is 25.7 Å². The zero-order chi connectivity index (χ0) is 29.1. The van der Waals surface area contributed by atoms with Crippen LogP contribution in [-0.2, 0) is 14.4 Å². The molecule has 0 spiro atoms. The summed E-state index contributed by atoms with van der Waals surface area (Å²) in [6, 6.07) is 9.78. The fourth-order valence-electron chi connectivity index (χ4n) is 4.98. The number of carbonyl (C=O) groups is 3. The zero-order valence-corrected chi connectivity index (χ0v) is 24.0. The number of phenolic OH excluding ortho intramolecular Hbond substituents is 1. The van der Waals surface area contributed by atoms with Gasteiger partial charge in [-0.3, -0.25) is 24.7 Å². The highest BCUT2D eigenvalue weighted by Crippen LogP contribution is 2.38. The third-order valence-corrected chi connectivity index (χ3v) is 7.79. The molecule has 2 aliphatic heterocycles. The molecular weight excluding hydrogens is 557 g/mol. The monoisotopic (exact) mass is 587 g/mol. The summed E-state index contributed by atoms with van der Waals surface area (Å²) in [5.41, 5.74) is 4.97. The second-order valence-corrected chi connectivity index (χ2v) is 11.0. The molecule has 2 amide bonds. The van der Waals surface area contributed by atoms with E-state index in [9.17, 15) is 19.5 Å². The fourth-order valence-corrected chi connectivity index (χ4v) is 5.27. The van der Waals surface area contributed by atoms with Gasteiger partial charge in [0.2, 0.25) is 0 Å². The number of nitrogens with zero attached hydrogens (tertiary/aromatic N) is 4. The number of carboxylic acids is 1. The summed E-state index contributed by atoms with van der Waals surface area (Å²) in [6.07, 6.45) is 1.40. The van der Waals surface area contributed by atoms with Gasteiger partial charge in [0.15, 0.2) is 5.71 Å². The molecule has 0 saturated carbocycles. The number of aromatic hydroxyl groups is 1. The minimum Gasteiger partial charge on any atom is -0.505 e. The number of likely N-dealkylation sites (N-methyl/N-ethyl adjacent to an activating group) is 1. The number of para-hydroxylation sites is 1. The van der Waals surface area contributed by atoms with Crippen LogP contribution in [0, 0.1) is 0 Å². The van der Waals surface area contributed by atoms with Crippen LogP contribution >= 0.6 is 23.2 Å². The van der Waals surface area contributed by atoms with Crippen LogP contribution in [0.5, 0.6) is 5.75 Å². The molecule has 10 nitrogen and oxygen atoms in total. The lowest BCUT2D eigenvalue weighted by Crippen LogP contribution is -2.49. The summed E-state index contributed by atoms with van der Waals surface area (Å²) in [7, 11) is 3.64. The Hall–Kier alpha value is -3.44. The van der Waals surface area contributed by atoms with E-state index < -0.39 is 17.8 Å². The molecule has 1 fully saturated rings. The maximum atomic E-state index is 13.6. The second-order valence-electron chi connectivity index (χ2n) is 10.1. The average Bonchev–Trinajstić information content (AvgIpc) is 2.89. The number of halogens is 2. The second kappa shape index (κ2) is 12.4. The van der Waals surface area contributed by atoms with Crippen molar-refractivity contribution in [2.24, 2.45) is 5.10 Å². The first-order valence-electron chi connectivity index (χ1n) is 12.8. The number of hydrogen-bond acceptors (Lipinski definition) is 8. The first-order valence-corrected chi connectivity index (χ1v) is 13.5. The minimum atomic E-state index is -0.860. The number of benzene rings is 2. The van der Waals surface area contributed by atoms with E-state index >= 15 is 0 Å². The summed E-state index contributed by atoms with van der Waals surface area (Å²) < 4.78 is 0. The van der Waals surface area contributed by atoms with Gasteiger partial charge in [0.25, 0.3) is 11.8 Å². The molecule has 0 atom stereocenters. The number of hydrogen-bond donors (Lipinski definition) is 3. The van der Waals surface area contributed by atoms with Gasteiger partial charge < -0.3 is 15.1 Å². The van der Waals surface area contributed by atoms with E-state index in [0.29, 0.717) is 47.8 Å².